The van der Waals surface area contributed by atoms with E-state index in [-0.39, 0.29) is 58.6 Å². The van der Waals surface area contributed by atoms with E-state index in [2.05, 4.69) is 48.5 Å². The number of ether oxygens (including phenoxy) is 5. The number of aromatic amines is 2. The van der Waals surface area contributed by atoms with E-state index in [4.69, 9.17) is 59.0 Å². The van der Waals surface area contributed by atoms with Gasteiger partial charge in [0.05, 0.1) is 39.5 Å². The number of imidazole rings is 3. The molecule has 0 spiro atoms. The van der Waals surface area contributed by atoms with Crippen molar-refractivity contribution in [2.75, 3.05) is 51.2 Å². The van der Waals surface area contributed by atoms with Gasteiger partial charge < -0.3 is 84.8 Å². The minimum Gasteiger partial charge on any atom is -0.756 e. The normalized spacial score (nSPS) is 29.8. The first-order chi connectivity index (χ1) is 35.7. The molecule has 16 unspecified atom stereocenters. The van der Waals surface area contributed by atoms with Gasteiger partial charge in [0.2, 0.25) is 17.7 Å². The van der Waals surface area contributed by atoms with E-state index in [0.717, 1.165) is 37.8 Å². The number of nitrogen functional groups attached to an aromatic ring is 3. The number of fused-ring (bicyclic) bond motifs is 3. The Morgan fingerprint density at radius 1 is 0.701 bits per heavy atom. The molecule has 77 heavy (non-hydrogen) atoms. The third-order valence-corrected chi connectivity index (χ3v) is 17.0. The highest BCUT2D eigenvalue weighted by atomic mass is 31.3. The van der Waals surface area contributed by atoms with Gasteiger partial charge in [0.15, 0.2) is 41.4 Å². The number of nitrogens with two attached hydrogens (primary N) is 3. The maximum absolute atomic E-state index is 13.6. The van der Waals surface area contributed by atoms with Crippen molar-refractivity contribution in [2.45, 2.75) is 81.0 Å². The number of methoxy groups -OCH3 is 2. The fraction of sp³-hybridized carbons (Fsp3) is 0.559. The number of aromatic nitrogens is 12. The number of hydrogen-bond donors (Lipinski definition) is 11. The minimum absolute atomic E-state index is 0. The lowest BCUT2D eigenvalue weighted by atomic mass is 10.1. The standard InChI is InChI=1S/C33H45N15O24P4.CH4/c1-45-10-48(26-16(45)28(53)44-33(36)42-26)30-19(51)20(62-2)12(68-30)5-65-74(56,57)71-76(60,61)72-75(58,59)66-6-13-21(22(63-3)31(69-13)46-8-39-14-23(34)37-7-38-24(14)46)70-73(54,55)64-4-11-17(49)18(50)29(67-11)47-9-40-15-25(47)41-32(35)43-27(15)52;/h7-13,17-22,29-31,49-51H,4-6H2,1-3H3,(H11-,34,35,36,37,38,41,42,43,44,52,53,54,55,56,57,58,59,60,61);1H4. The minimum atomic E-state index is -6.19. The van der Waals surface area contributed by atoms with Crippen LogP contribution in [0.25, 0.3) is 33.5 Å². The predicted octanol–water partition coefficient (Wildman–Crippen LogP) is -4.05. The molecule has 424 valence electrons. The number of rotatable bonds is 20. The van der Waals surface area contributed by atoms with E-state index >= 15 is 0 Å². The lowest BCUT2D eigenvalue weighted by molar-refractivity contribution is -0.745. The summed E-state index contributed by atoms with van der Waals surface area (Å²) in [5.41, 5.74) is 15.6. The van der Waals surface area contributed by atoms with Gasteiger partial charge in [-0.2, -0.15) is 13.6 Å². The molecule has 3 aliphatic rings. The molecule has 0 saturated carbocycles. The Labute approximate surface area is 428 Å². The Hall–Kier alpha value is -5.15. The van der Waals surface area contributed by atoms with Gasteiger partial charge in [-0.25, -0.2) is 38.2 Å². The monoisotopic (exact) mass is 1180 g/mol. The number of aliphatic hydroxyl groups is 3. The van der Waals surface area contributed by atoms with Crippen LogP contribution in [0.1, 0.15) is 26.1 Å². The Morgan fingerprint density at radius 3 is 1.92 bits per heavy atom. The van der Waals surface area contributed by atoms with Gasteiger partial charge >= 0.3 is 29.1 Å². The molecule has 9 rings (SSSR count). The molecule has 0 aromatic carbocycles. The smallest absolute Gasteiger partial charge is 0.490 e. The van der Waals surface area contributed by atoms with Crippen molar-refractivity contribution in [1.82, 2.24) is 53.6 Å². The number of phosphoric acid groups is 4. The Kier molecular flexibility index (Phi) is 16.4. The lowest BCUT2D eigenvalue weighted by Crippen LogP contribution is -2.46. The highest BCUT2D eigenvalue weighted by molar-refractivity contribution is 7.66. The van der Waals surface area contributed by atoms with Gasteiger partial charge in [-0.15, -0.1) is 0 Å². The zero-order valence-electron chi connectivity index (χ0n) is 38.9. The highest BCUT2D eigenvalue weighted by Gasteiger charge is 2.53. The third-order valence-electron chi connectivity index (χ3n) is 11.8. The predicted molar refractivity (Wildman–Crippen MR) is 248 cm³/mol. The number of hydrogen-bond acceptors (Lipinski definition) is 30. The second-order valence-electron chi connectivity index (χ2n) is 16.7. The van der Waals surface area contributed by atoms with Crippen LogP contribution in [-0.2, 0) is 75.7 Å². The second kappa shape index (κ2) is 21.8. The number of anilines is 3. The molecule has 3 saturated heterocycles. The van der Waals surface area contributed by atoms with Crippen molar-refractivity contribution in [1.29, 1.82) is 0 Å². The molecule has 9 heterocycles. The lowest BCUT2D eigenvalue weighted by Gasteiger charge is -2.31. The first kappa shape index (κ1) is 58.0. The maximum atomic E-state index is 13.6. The van der Waals surface area contributed by atoms with Crippen LogP contribution in [0.5, 0.6) is 0 Å². The number of aliphatic hydroxyl groups excluding tert-OH is 3. The molecule has 3 fully saturated rings. The zero-order chi connectivity index (χ0) is 55.0. The van der Waals surface area contributed by atoms with Crippen molar-refractivity contribution in [2.24, 2.45) is 7.05 Å². The van der Waals surface area contributed by atoms with Crippen LogP contribution in [0.4, 0.5) is 17.7 Å². The van der Waals surface area contributed by atoms with Gasteiger partial charge in [0.1, 0.15) is 66.8 Å². The van der Waals surface area contributed by atoms with Crippen molar-refractivity contribution >= 4 is 82.5 Å². The maximum Gasteiger partial charge on any atom is 0.490 e. The molecule has 39 nitrogen and oxygen atoms in total. The fourth-order valence-electron chi connectivity index (χ4n) is 8.56. The van der Waals surface area contributed by atoms with Gasteiger partial charge in [0, 0.05) is 14.2 Å². The first-order valence-corrected chi connectivity index (χ1v) is 27.5. The summed E-state index contributed by atoms with van der Waals surface area (Å²) in [6.45, 7) is -3.34. The summed E-state index contributed by atoms with van der Waals surface area (Å²) in [4.78, 5) is 98.5. The van der Waals surface area contributed by atoms with Crippen LogP contribution in [0.2, 0.25) is 0 Å². The second-order valence-corrected chi connectivity index (χ2v) is 22.7. The van der Waals surface area contributed by atoms with Crippen LogP contribution in [0.3, 0.4) is 0 Å². The quantitative estimate of drug-likeness (QED) is 0.0256. The molecule has 3 aliphatic heterocycles. The van der Waals surface area contributed by atoms with Gasteiger partial charge in [-0.1, -0.05) is 12.4 Å². The van der Waals surface area contributed by atoms with Crippen LogP contribution < -0.4 is 37.8 Å². The summed E-state index contributed by atoms with van der Waals surface area (Å²) < 4.78 is 115. The van der Waals surface area contributed by atoms with Crippen LogP contribution in [0.15, 0.2) is 34.9 Å². The largest absolute Gasteiger partial charge is 0.756 e. The molecular weight excluding hydrogens is 1130 g/mol. The number of phosphoric ester groups is 3. The molecule has 0 aliphatic carbocycles. The average Bonchev–Trinajstić information content (AvgIpc) is 4.18. The average molecular weight is 1180 g/mol. The van der Waals surface area contributed by atoms with E-state index < -0.39 is 136 Å². The highest BCUT2D eigenvalue weighted by Crippen LogP contribution is 2.68. The Bertz CT molecular complexity index is 3490. The molecular formula is C34H49N15O24P4. The third kappa shape index (κ3) is 11.6. The van der Waals surface area contributed by atoms with Gasteiger partial charge in [-0.3, -0.25) is 46.9 Å². The van der Waals surface area contributed by atoms with Gasteiger partial charge in [0.25, 0.3) is 24.9 Å². The van der Waals surface area contributed by atoms with Crippen LogP contribution in [0, 0.1) is 0 Å². The molecule has 6 aromatic heterocycles. The Morgan fingerprint density at radius 2 is 1.27 bits per heavy atom. The van der Waals surface area contributed by atoms with Crippen molar-refractivity contribution in [3.8, 4) is 0 Å². The van der Waals surface area contributed by atoms with E-state index in [0.29, 0.717) is 0 Å². The molecule has 0 radical (unpaired) electrons. The summed E-state index contributed by atoms with van der Waals surface area (Å²) in [5, 5.41) is 32.8. The summed E-state index contributed by atoms with van der Waals surface area (Å²) in [7, 11) is -20.0. The van der Waals surface area contributed by atoms with E-state index in [1.54, 1.807) is 0 Å². The van der Waals surface area contributed by atoms with E-state index in [9.17, 15) is 62.7 Å². The molecule has 16 atom stereocenters. The van der Waals surface area contributed by atoms with E-state index in [1.807, 2.05) is 0 Å². The van der Waals surface area contributed by atoms with Crippen LogP contribution >= 0.6 is 31.3 Å². The van der Waals surface area contributed by atoms with Crippen LogP contribution in [-0.4, -0.2) is 173 Å². The van der Waals surface area contributed by atoms with Crippen molar-refractivity contribution in [3.63, 3.8) is 0 Å². The molecule has 14 N–H and O–H groups in total. The summed E-state index contributed by atoms with van der Waals surface area (Å²) >= 11 is 0. The summed E-state index contributed by atoms with van der Waals surface area (Å²) in [5.74, 6) is -0.692. The van der Waals surface area contributed by atoms with Gasteiger partial charge in [-0.05, 0) is 0 Å². The number of nitrogens with one attached hydrogen (secondary N) is 2. The van der Waals surface area contributed by atoms with E-state index in [1.165, 1.54) is 27.1 Å². The summed E-state index contributed by atoms with van der Waals surface area (Å²) in [6, 6.07) is 0. The fourth-order valence-corrected chi connectivity index (χ4v) is 13.0. The summed E-state index contributed by atoms with van der Waals surface area (Å²) in [6.07, 6.45) is -14.8. The molecule has 0 amide bonds. The number of H-pyrrole nitrogens is 2. The van der Waals surface area contributed by atoms with Crippen molar-refractivity contribution in [3.05, 3.63) is 46.0 Å². The molecule has 43 heteroatoms. The topological polar surface area (TPSA) is 554 Å². The SMILES string of the molecule is C.COC1C(COP(=O)(O)OP(=O)(O)OP(=O)(O)OCC2OC(n3cnc4c(N)ncnc43)C(OC)C2OP(=O)([O-])OCC2OC(n3cnc4c(=O)[nH]c(N)nc43)C(O)C2O)OC([n+]2cn(C)c3c(=O)[nH]c(N)nc32)C1O. The van der Waals surface area contributed by atoms with Crippen molar-refractivity contribution < 1.29 is 108 Å². The molecule has 6 aromatic rings. The first-order valence-electron chi connectivity index (χ1n) is 21.5. The molecule has 0 bridgehead atoms. The number of aryl methyl sites for hydroxylation is 1. The number of nitrogens with zero attached hydrogens (tertiary/aromatic N) is 10. The zero-order valence-corrected chi connectivity index (χ0v) is 42.5. The Balaban J connectivity index is 0.00000784.